The van der Waals surface area contributed by atoms with Gasteiger partial charge in [0.1, 0.15) is 0 Å². The summed E-state index contributed by atoms with van der Waals surface area (Å²) in [7, 11) is 0. The minimum atomic E-state index is -0.905. The Morgan fingerprint density at radius 1 is 1.21 bits per heavy atom. The molecule has 0 saturated heterocycles. The predicted molar refractivity (Wildman–Crippen MR) is 69.3 cm³/mol. The van der Waals surface area contributed by atoms with Crippen molar-refractivity contribution >= 4 is 59.4 Å². The maximum absolute atomic E-state index is 11.5. The van der Waals surface area contributed by atoms with E-state index in [0.717, 1.165) is 11.3 Å². The number of carbonyl (C=O) groups is 1. The lowest BCUT2D eigenvalue weighted by Crippen LogP contribution is -2.25. The average molecular weight is 386 g/mol. The molecular weight excluding hydrogens is 378 g/mol. The van der Waals surface area contributed by atoms with Crippen molar-refractivity contribution in [2.45, 2.75) is 9.07 Å². The third-order valence-electron chi connectivity index (χ3n) is 1.57. The quantitative estimate of drug-likeness (QED) is 0.732. The number of hydrogen-bond acceptors (Lipinski definition) is 1. The molecule has 1 amide bonds. The van der Waals surface area contributed by atoms with Crippen LogP contribution < -0.4 is 5.32 Å². The summed E-state index contributed by atoms with van der Waals surface area (Å²) in [6.07, 6.45) is 0. The second-order valence-corrected chi connectivity index (χ2v) is 9.58. The van der Waals surface area contributed by atoms with Crippen molar-refractivity contribution in [2.75, 3.05) is 5.32 Å². The van der Waals surface area contributed by atoms with Gasteiger partial charge in [0.2, 0.25) is 2.14 Å². The first kappa shape index (κ1) is 12.2. The topological polar surface area (TPSA) is 29.1 Å². The number of aryl methyl sites for hydroxylation is 1. The zero-order chi connectivity index (χ0) is 10.8. The molecule has 0 saturated carbocycles. The lowest BCUT2D eigenvalue weighted by Gasteiger charge is -2.12. The van der Waals surface area contributed by atoms with Crippen LogP contribution in [-0.2, 0) is 4.79 Å². The standard InChI is InChI=1S/C9H8Br3NO/c1-6-2-4-7(5-3-6)13-8(14)9(10,11)12/h2-5H,1H3,(H,13,14). The smallest absolute Gasteiger partial charge is 0.263 e. The Kier molecular flexibility index (Phi) is 4.15. The zero-order valence-electron chi connectivity index (χ0n) is 7.35. The number of benzene rings is 1. The molecular formula is C9H8Br3NO. The third kappa shape index (κ3) is 3.71. The first-order valence-corrected chi connectivity index (χ1v) is 6.22. The summed E-state index contributed by atoms with van der Waals surface area (Å²) in [5.41, 5.74) is 1.93. The van der Waals surface area contributed by atoms with Crippen LogP contribution in [0.2, 0.25) is 0 Å². The fourth-order valence-electron chi connectivity index (χ4n) is 0.839. The SMILES string of the molecule is Cc1ccc(NC(=O)C(Br)(Br)Br)cc1. The normalized spacial score (nSPS) is 11.1. The zero-order valence-corrected chi connectivity index (χ0v) is 12.1. The molecule has 0 bridgehead atoms. The first-order valence-electron chi connectivity index (χ1n) is 3.84. The van der Waals surface area contributed by atoms with Crippen molar-refractivity contribution in [3.8, 4) is 0 Å². The molecule has 0 aliphatic rings. The molecule has 5 heteroatoms. The van der Waals surface area contributed by atoms with E-state index in [1.54, 1.807) is 0 Å². The number of amides is 1. The van der Waals surface area contributed by atoms with Crippen molar-refractivity contribution in [3.63, 3.8) is 0 Å². The minimum absolute atomic E-state index is 0.207. The van der Waals surface area contributed by atoms with Crippen LogP contribution >= 0.6 is 47.8 Å². The van der Waals surface area contributed by atoms with E-state index in [1.165, 1.54) is 0 Å². The lowest BCUT2D eigenvalue weighted by atomic mass is 10.2. The predicted octanol–water partition coefficient (Wildman–Crippen LogP) is 3.77. The molecule has 0 fully saturated rings. The van der Waals surface area contributed by atoms with E-state index < -0.39 is 2.14 Å². The Hall–Kier alpha value is 0.130. The molecule has 0 spiro atoms. The fraction of sp³-hybridized carbons (Fsp3) is 0.222. The highest BCUT2D eigenvalue weighted by molar-refractivity contribution is 9.40. The number of carbonyl (C=O) groups excluding carboxylic acids is 1. The summed E-state index contributed by atoms with van der Waals surface area (Å²) in [5, 5.41) is 2.73. The fourth-order valence-corrected chi connectivity index (χ4v) is 1.14. The van der Waals surface area contributed by atoms with Gasteiger partial charge in [0.15, 0.2) is 0 Å². The average Bonchev–Trinajstić information content (AvgIpc) is 2.07. The number of alkyl halides is 3. The lowest BCUT2D eigenvalue weighted by molar-refractivity contribution is -0.114. The van der Waals surface area contributed by atoms with Crippen LogP contribution in [0.1, 0.15) is 5.56 Å². The van der Waals surface area contributed by atoms with Crippen LogP contribution in [0, 0.1) is 6.92 Å². The van der Waals surface area contributed by atoms with Crippen LogP contribution in [0.25, 0.3) is 0 Å². The van der Waals surface area contributed by atoms with Gasteiger partial charge in [0, 0.05) is 5.69 Å². The Labute approximate surface area is 108 Å². The molecule has 0 aliphatic heterocycles. The third-order valence-corrected chi connectivity index (χ3v) is 2.65. The summed E-state index contributed by atoms with van der Waals surface area (Å²) in [6.45, 7) is 2.00. The summed E-state index contributed by atoms with van der Waals surface area (Å²) >= 11 is 9.41. The second kappa shape index (κ2) is 4.77. The van der Waals surface area contributed by atoms with Gasteiger partial charge in [-0.25, -0.2) is 0 Å². The molecule has 0 unspecified atom stereocenters. The molecule has 14 heavy (non-hydrogen) atoms. The van der Waals surface area contributed by atoms with Gasteiger partial charge in [-0.1, -0.05) is 17.7 Å². The van der Waals surface area contributed by atoms with E-state index in [-0.39, 0.29) is 5.91 Å². The van der Waals surface area contributed by atoms with Crippen molar-refractivity contribution in [2.24, 2.45) is 0 Å². The summed E-state index contributed by atoms with van der Waals surface area (Å²) in [6, 6.07) is 7.58. The molecule has 0 atom stereocenters. The van der Waals surface area contributed by atoms with Gasteiger partial charge < -0.3 is 5.32 Å². The number of halogens is 3. The largest absolute Gasteiger partial charge is 0.323 e. The molecule has 1 rings (SSSR count). The van der Waals surface area contributed by atoms with Gasteiger partial charge in [-0.2, -0.15) is 0 Å². The maximum Gasteiger partial charge on any atom is 0.263 e. The number of rotatable bonds is 1. The Balaban J connectivity index is 2.71. The Bertz CT molecular complexity index is 329. The minimum Gasteiger partial charge on any atom is -0.323 e. The van der Waals surface area contributed by atoms with Gasteiger partial charge in [-0.15, -0.1) is 0 Å². The summed E-state index contributed by atoms with van der Waals surface area (Å²) in [5.74, 6) is -0.207. The van der Waals surface area contributed by atoms with Crippen molar-refractivity contribution in [1.29, 1.82) is 0 Å². The number of hydrogen-bond donors (Lipinski definition) is 1. The molecule has 1 N–H and O–H groups in total. The summed E-state index contributed by atoms with van der Waals surface area (Å²) in [4.78, 5) is 11.5. The molecule has 0 aliphatic carbocycles. The highest BCUT2D eigenvalue weighted by Gasteiger charge is 2.28. The van der Waals surface area contributed by atoms with Crippen LogP contribution in [0.4, 0.5) is 5.69 Å². The van der Waals surface area contributed by atoms with Crippen molar-refractivity contribution in [1.82, 2.24) is 0 Å². The van der Waals surface area contributed by atoms with Crippen LogP contribution in [0.3, 0.4) is 0 Å². The van der Waals surface area contributed by atoms with Crippen molar-refractivity contribution in [3.05, 3.63) is 29.8 Å². The Morgan fingerprint density at radius 2 is 1.71 bits per heavy atom. The van der Waals surface area contributed by atoms with Crippen molar-refractivity contribution < 1.29 is 4.79 Å². The molecule has 0 aromatic heterocycles. The van der Waals surface area contributed by atoms with Gasteiger partial charge in [-0.3, -0.25) is 4.79 Å². The van der Waals surface area contributed by atoms with E-state index in [2.05, 4.69) is 53.1 Å². The molecule has 2 nitrogen and oxygen atoms in total. The maximum atomic E-state index is 11.5. The van der Waals surface area contributed by atoms with Gasteiger partial charge in [-0.05, 0) is 66.8 Å². The van der Waals surface area contributed by atoms with Gasteiger partial charge in [0.25, 0.3) is 5.91 Å². The highest BCUT2D eigenvalue weighted by Crippen LogP contribution is 2.34. The second-order valence-electron chi connectivity index (χ2n) is 2.82. The van der Waals surface area contributed by atoms with Crippen LogP contribution in [-0.4, -0.2) is 8.05 Å². The van der Waals surface area contributed by atoms with Crippen LogP contribution in [0.5, 0.6) is 0 Å². The van der Waals surface area contributed by atoms with Gasteiger partial charge >= 0.3 is 0 Å². The first-order chi connectivity index (χ1) is 6.39. The Morgan fingerprint density at radius 3 is 2.14 bits per heavy atom. The van der Waals surface area contributed by atoms with Gasteiger partial charge in [0.05, 0.1) is 0 Å². The van der Waals surface area contributed by atoms with E-state index in [9.17, 15) is 4.79 Å². The monoisotopic (exact) mass is 383 g/mol. The summed E-state index contributed by atoms with van der Waals surface area (Å²) < 4.78 is -0.905. The molecule has 0 radical (unpaired) electrons. The highest BCUT2D eigenvalue weighted by atomic mass is 80.0. The van der Waals surface area contributed by atoms with E-state index >= 15 is 0 Å². The van der Waals surface area contributed by atoms with E-state index in [4.69, 9.17) is 0 Å². The van der Waals surface area contributed by atoms with E-state index in [0.29, 0.717) is 0 Å². The molecule has 1 aromatic rings. The number of nitrogens with one attached hydrogen (secondary N) is 1. The molecule has 0 heterocycles. The van der Waals surface area contributed by atoms with E-state index in [1.807, 2.05) is 31.2 Å². The molecule has 1 aromatic carbocycles. The van der Waals surface area contributed by atoms with Crippen LogP contribution in [0.15, 0.2) is 24.3 Å². The molecule has 76 valence electrons. The number of anilines is 1.